The SMILES string of the molecule is CCOC(=O)c1c(NC(=O)c2ccc(S(=O)(=O)N(C)C3CCCC3)cc2)sc(C)c1C. The highest BCUT2D eigenvalue weighted by Gasteiger charge is 2.30. The number of thiophene rings is 1. The summed E-state index contributed by atoms with van der Waals surface area (Å²) in [6.45, 7) is 5.66. The number of esters is 1. The van der Waals surface area contributed by atoms with E-state index >= 15 is 0 Å². The third-order valence-electron chi connectivity index (χ3n) is 5.72. The van der Waals surface area contributed by atoms with Crippen molar-refractivity contribution in [1.29, 1.82) is 0 Å². The van der Waals surface area contributed by atoms with Gasteiger partial charge < -0.3 is 10.1 Å². The van der Waals surface area contributed by atoms with Crippen molar-refractivity contribution in [3.8, 4) is 0 Å². The average Bonchev–Trinajstić information content (AvgIpc) is 3.36. The first-order chi connectivity index (χ1) is 14.7. The van der Waals surface area contributed by atoms with Crippen LogP contribution in [0.5, 0.6) is 0 Å². The van der Waals surface area contributed by atoms with E-state index in [2.05, 4.69) is 5.32 Å². The second-order valence-corrected chi connectivity index (χ2v) is 10.9. The standard InChI is InChI=1S/C22H28N2O5S2/c1-5-29-22(26)19-14(2)15(3)30-21(19)23-20(25)16-10-12-18(13-11-16)31(27,28)24(4)17-8-6-7-9-17/h10-13,17H,5-9H2,1-4H3,(H,23,25). The number of aryl methyl sites for hydroxylation is 1. The molecule has 1 aliphatic carbocycles. The topological polar surface area (TPSA) is 92.8 Å². The first-order valence-electron chi connectivity index (χ1n) is 10.3. The van der Waals surface area contributed by atoms with Crippen molar-refractivity contribution >= 4 is 38.2 Å². The van der Waals surface area contributed by atoms with Crippen molar-refractivity contribution < 1.29 is 22.7 Å². The van der Waals surface area contributed by atoms with Crippen LogP contribution in [0.3, 0.4) is 0 Å². The van der Waals surface area contributed by atoms with Crippen molar-refractivity contribution in [3.63, 3.8) is 0 Å². The van der Waals surface area contributed by atoms with Gasteiger partial charge in [-0.25, -0.2) is 13.2 Å². The van der Waals surface area contributed by atoms with Gasteiger partial charge in [-0.2, -0.15) is 4.31 Å². The van der Waals surface area contributed by atoms with Gasteiger partial charge in [0.1, 0.15) is 5.00 Å². The van der Waals surface area contributed by atoms with Crippen molar-refractivity contribution in [3.05, 3.63) is 45.8 Å². The van der Waals surface area contributed by atoms with Crippen LogP contribution in [0.1, 0.15) is 63.8 Å². The monoisotopic (exact) mass is 464 g/mol. The summed E-state index contributed by atoms with van der Waals surface area (Å²) in [5.74, 6) is -0.893. The molecule has 1 fully saturated rings. The number of carbonyl (C=O) groups excluding carboxylic acids is 2. The molecule has 0 aliphatic heterocycles. The number of rotatable bonds is 7. The zero-order chi connectivity index (χ0) is 22.8. The van der Waals surface area contributed by atoms with Crippen LogP contribution in [0.2, 0.25) is 0 Å². The summed E-state index contributed by atoms with van der Waals surface area (Å²) in [4.78, 5) is 26.1. The fourth-order valence-electron chi connectivity index (χ4n) is 3.75. The molecule has 168 valence electrons. The lowest BCUT2D eigenvalue weighted by atomic mass is 10.1. The Morgan fingerprint density at radius 1 is 1.16 bits per heavy atom. The number of hydrogen-bond acceptors (Lipinski definition) is 6. The number of ether oxygens (including phenoxy) is 1. The van der Waals surface area contributed by atoms with Gasteiger partial charge in [0.2, 0.25) is 10.0 Å². The molecule has 2 aromatic rings. The molecule has 31 heavy (non-hydrogen) atoms. The average molecular weight is 465 g/mol. The quantitative estimate of drug-likeness (QED) is 0.615. The molecule has 0 saturated heterocycles. The number of amides is 1. The fraction of sp³-hybridized carbons (Fsp3) is 0.455. The smallest absolute Gasteiger partial charge is 0.341 e. The number of sulfonamides is 1. The highest BCUT2D eigenvalue weighted by atomic mass is 32.2. The van der Waals surface area contributed by atoms with Crippen LogP contribution in [0.4, 0.5) is 5.00 Å². The lowest BCUT2D eigenvalue weighted by molar-refractivity contribution is 0.0527. The summed E-state index contributed by atoms with van der Waals surface area (Å²) >= 11 is 1.31. The van der Waals surface area contributed by atoms with Gasteiger partial charge in [0, 0.05) is 23.5 Å². The lowest BCUT2D eigenvalue weighted by Crippen LogP contribution is -2.35. The van der Waals surface area contributed by atoms with E-state index in [1.807, 2.05) is 13.8 Å². The number of carbonyl (C=O) groups is 2. The second-order valence-electron chi connectivity index (χ2n) is 7.65. The van der Waals surface area contributed by atoms with Crippen LogP contribution < -0.4 is 5.32 Å². The lowest BCUT2D eigenvalue weighted by Gasteiger charge is -2.23. The predicted molar refractivity (Wildman–Crippen MR) is 121 cm³/mol. The minimum Gasteiger partial charge on any atom is -0.462 e. The Kier molecular flexibility index (Phi) is 7.18. The molecule has 7 nitrogen and oxygen atoms in total. The fourth-order valence-corrected chi connectivity index (χ4v) is 6.21. The van der Waals surface area contributed by atoms with Crippen LogP contribution in [0, 0.1) is 13.8 Å². The molecule has 0 atom stereocenters. The zero-order valence-electron chi connectivity index (χ0n) is 18.2. The van der Waals surface area contributed by atoms with E-state index in [-0.39, 0.29) is 17.5 Å². The third kappa shape index (κ3) is 4.83. The van der Waals surface area contributed by atoms with Crippen molar-refractivity contribution in [2.75, 3.05) is 19.0 Å². The van der Waals surface area contributed by atoms with Crippen LogP contribution in [0.25, 0.3) is 0 Å². The first-order valence-corrected chi connectivity index (χ1v) is 12.6. The van der Waals surface area contributed by atoms with Gasteiger partial charge in [-0.3, -0.25) is 4.79 Å². The zero-order valence-corrected chi connectivity index (χ0v) is 19.9. The molecule has 1 amide bonds. The molecule has 1 heterocycles. The number of benzene rings is 1. The largest absolute Gasteiger partial charge is 0.462 e. The van der Waals surface area contributed by atoms with E-state index in [0.717, 1.165) is 36.1 Å². The Balaban J connectivity index is 1.79. The maximum Gasteiger partial charge on any atom is 0.341 e. The molecule has 0 radical (unpaired) electrons. The number of nitrogens with one attached hydrogen (secondary N) is 1. The van der Waals surface area contributed by atoms with E-state index in [1.165, 1.54) is 39.9 Å². The summed E-state index contributed by atoms with van der Waals surface area (Å²) in [6, 6.07) is 5.91. The van der Waals surface area contributed by atoms with E-state index in [4.69, 9.17) is 4.74 Å². The van der Waals surface area contributed by atoms with E-state index < -0.39 is 21.9 Å². The van der Waals surface area contributed by atoms with E-state index in [9.17, 15) is 18.0 Å². The summed E-state index contributed by atoms with van der Waals surface area (Å²) in [5, 5.41) is 3.20. The Labute approximate surface area is 187 Å². The molecule has 0 spiro atoms. The van der Waals surface area contributed by atoms with E-state index in [1.54, 1.807) is 14.0 Å². The van der Waals surface area contributed by atoms with Gasteiger partial charge in [0.05, 0.1) is 17.1 Å². The third-order valence-corrected chi connectivity index (χ3v) is 8.77. The molecule has 0 bridgehead atoms. The number of hydrogen-bond donors (Lipinski definition) is 1. The Morgan fingerprint density at radius 2 is 1.77 bits per heavy atom. The van der Waals surface area contributed by atoms with Crippen molar-refractivity contribution in [2.45, 2.75) is 57.4 Å². The number of anilines is 1. The first kappa shape index (κ1) is 23.4. The van der Waals surface area contributed by atoms with Gasteiger partial charge >= 0.3 is 5.97 Å². The normalized spacial score (nSPS) is 14.7. The minimum absolute atomic E-state index is 0.0274. The summed E-state index contributed by atoms with van der Waals surface area (Å²) in [5.41, 5.74) is 1.44. The van der Waals surface area contributed by atoms with Crippen LogP contribution in [0.15, 0.2) is 29.2 Å². The molecule has 1 aromatic heterocycles. The Bertz CT molecular complexity index is 1070. The molecule has 9 heteroatoms. The molecular weight excluding hydrogens is 436 g/mol. The maximum absolute atomic E-state index is 12.9. The molecular formula is C22H28N2O5S2. The molecule has 1 saturated carbocycles. The van der Waals surface area contributed by atoms with Gasteiger partial charge in [-0.1, -0.05) is 12.8 Å². The highest BCUT2D eigenvalue weighted by molar-refractivity contribution is 7.89. The summed E-state index contributed by atoms with van der Waals surface area (Å²) < 4.78 is 32.3. The Hall–Kier alpha value is -2.23. The molecule has 1 aromatic carbocycles. The maximum atomic E-state index is 12.9. The van der Waals surface area contributed by atoms with Crippen molar-refractivity contribution in [2.24, 2.45) is 0 Å². The minimum atomic E-state index is -3.61. The van der Waals surface area contributed by atoms with Gasteiger partial charge in [-0.05, 0) is 63.4 Å². The van der Waals surface area contributed by atoms with Crippen LogP contribution >= 0.6 is 11.3 Å². The number of nitrogens with zero attached hydrogens (tertiary/aromatic N) is 1. The second kappa shape index (κ2) is 9.50. The Morgan fingerprint density at radius 3 is 2.35 bits per heavy atom. The summed E-state index contributed by atoms with van der Waals surface area (Å²) in [6.07, 6.45) is 3.83. The highest BCUT2D eigenvalue weighted by Crippen LogP contribution is 2.33. The molecule has 3 rings (SSSR count). The van der Waals surface area contributed by atoms with Gasteiger partial charge in [0.25, 0.3) is 5.91 Å². The van der Waals surface area contributed by atoms with Crippen LogP contribution in [-0.2, 0) is 14.8 Å². The molecule has 1 aliphatic rings. The summed E-state index contributed by atoms with van der Waals surface area (Å²) in [7, 11) is -1.99. The van der Waals surface area contributed by atoms with Crippen molar-refractivity contribution in [1.82, 2.24) is 4.31 Å². The predicted octanol–water partition coefficient (Wildman–Crippen LogP) is 4.36. The van der Waals surface area contributed by atoms with Crippen LogP contribution in [-0.4, -0.2) is 44.3 Å². The molecule has 1 N–H and O–H groups in total. The van der Waals surface area contributed by atoms with Gasteiger partial charge in [-0.15, -0.1) is 11.3 Å². The van der Waals surface area contributed by atoms with Gasteiger partial charge in [0.15, 0.2) is 0 Å². The molecule has 0 unspecified atom stereocenters. The van der Waals surface area contributed by atoms with E-state index in [0.29, 0.717) is 16.1 Å².